The van der Waals surface area contributed by atoms with Crippen molar-refractivity contribution < 1.29 is 13.2 Å². The van der Waals surface area contributed by atoms with Crippen LogP contribution in [0, 0.1) is 0 Å². The Bertz CT molecular complexity index is 702. The average Bonchev–Trinajstić information content (AvgIpc) is 2.90. The van der Waals surface area contributed by atoms with Gasteiger partial charge in [-0.3, -0.25) is 14.6 Å². The van der Waals surface area contributed by atoms with E-state index < -0.39 is 9.84 Å². The fourth-order valence-electron chi connectivity index (χ4n) is 3.31. The van der Waals surface area contributed by atoms with Gasteiger partial charge < -0.3 is 5.32 Å². The molecule has 1 amide bonds. The van der Waals surface area contributed by atoms with Crippen molar-refractivity contribution in [3.63, 3.8) is 0 Å². The first-order valence-electron chi connectivity index (χ1n) is 8.14. The van der Waals surface area contributed by atoms with Gasteiger partial charge in [-0.05, 0) is 18.6 Å². The number of hydrogen-bond donors (Lipinski definition) is 1. The van der Waals surface area contributed by atoms with Gasteiger partial charge >= 0.3 is 0 Å². The summed E-state index contributed by atoms with van der Waals surface area (Å²) in [7, 11) is -2.85. The minimum atomic E-state index is -2.85. The molecule has 24 heavy (non-hydrogen) atoms. The molecule has 1 aromatic carbocycles. The second-order valence-corrected chi connectivity index (χ2v) is 9.03. The van der Waals surface area contributed by atoms with Crippen LogP contribution in [-0.2, 0) is 14.6 Å². The van der Waals surface area contributed by atoms with E-state index in [1.54, 1.807) is 12.1 Å². The number of carbonyl (C=O) groups excluding carboxylic acids is 1. The minimum absolute atomic E-state index is 0.0833. The van der Waals surface area contributed by atoms with E-state index in [0.717, 1.165) is 32.6 Å². The Kier molecular flexibility index (Phi) is 5.44. The number of hydrogen-bond acceptors (Lipinski definition) is 5. The third kappa shape index (κ3) is 4.47. The molecule has 2 saturated heterocycles. The van der Waals surface area contributed by atoms with Crippen molar-refractivity contribution in [2.45, 2.75) is 12.5 Å². The Hall–Kier alpha value is -1.15. The number of sulfone groups is 1. The van der Waals surface area contributed by atoms with Crippen LogP contribution < -0.4 is 5.32 Å². The zero-order valence-electron chi connectivity index (χ0n) is 13.4. The average molecular weight is 372 g/mol. The lowest BCUT2D eigenvalue weighted by molar-refractivity contribution is -0.117. The lowest BCUT2D eigenvalue weighted by Gasteiger charge is -2.37. The summed E-state index contributed by atoms with van der Waals surface area (Å²) in [6.45, 7) is 3.47. The molecule has 1 aromatic rings. The van der Waals surface area contributed by atoms with E-state index in [-0.39, 0.29) is 17.7 Å². The molecule has 0 bridgehead atoms. The van der Waals surface area contributed by atoms with Crippen molar-refractivity contribution in [2.75, 3.05) is 49.5 Å². The van der Waals surface area contributed by atoms with Crippen LogP contribution in [0.3, 0.4) is 0 Å². The maximum Gasteiger partial charge on any atom is 0.238 e. The van der Waals surface area contributed by atoms with E-state index in [1.807, 2.05) is 12.1 Å². The summed E-state index contributed by atoms with van der Waals surface area (Å²) >= 11 is 6.04. The highest BCUT2D eigenvalue weighted by atomic mass is 35.5. The van der Waals surface area contributed by atoms with Crippen molar-refractivity contribution >= 4 is 33.0 Å². The zero-order chi connectivity index (χ0) is 17.2. The fourth-order valence-corrected chi connectivity index (χ4v) is 5.25. The lowest BCUT2D eigenvalue weighted by Crippen LogP contribution is -2.52. The molecule has 2 heterocycles. The first kappa shape index (κ1) is 17.7. The number of nitrogens with zero attached hydrogens (tertiary/aromatic N) is 2. The number of halogens is 1. The van der Waals surface area contributed by atoms with Crippen molar-refractivity contribution in [1.82, 2.24) is 9.80 Å². The SMILES string of the molecule is O=C(CN1CCN([C@@H]2CCS(=O)(=O)C2)CC1)Nc1ccccc1Cl. The van der Waals surface area contributed by atoms with Crippen LogP contribution in [-0.4, -0.2) is 74.4 Å². The Balaban J connectivity index is 1.45. The predicted octanol–water partition coefficient (Wildman–Crippen LogP) is 1.08. The molecule has 1 atom stereocenters. The number of rotatable bonds is 4. The number of nitrogens with one attached hydrogen (secondary N) is 1. The zero-order valence-corrected chi connectivity index (χ0v) is 15.0. The highest BCUT2D eigenvalue weighted by Gasteiger charge is 2.33. The highest BCUT2D eigenvalue weighted by molar-refractivity contribution is 7.91. The maximum absolute atomic E-state index is 12.2. The summed E-state index contributed by atoms with van der Waals surface area (Å²) in [5.41, 5.74) is 0.624. The van der Waals surface area contributed by atoms with E-state index in [1.165, 1.54) is 0 Å². The van der Waals surface area contributed by atoms with E-state index in [9.17, 15) is 13.2 Å². The molecular formula is C16H22ClN3O3S. The van der Waals surface area contributed by atoms with Gasteiger partial charge in [-0.1, -0.05) is 23.7 Å². The van der Waals surface area contributed by atoms with Crippen molar-refractivity contribution in [2.24, 2.45) is 0 Å². The van der Waals surface area contributed by atoms with Gasteiger partial charge in [0.05, 0.1) is 28.8 Å². The first-order chi connectivity index (χ1) is 11.4. The lowest BCUT2D eigenvalue weighted by atomic mass is 10.2. The summed E-state index contributed by atoms with van der Waals surface area (Å²) in [6, 6.07) is 7.31. The van der Waals surface area contributed by atoms with Gasteiger partial charge in [-0.25, -0.2) is 8.42 Å². The molecule has 132 valence electrons. The Morgan fingerprint density at radius 1 is 1.21 bits per heavy atom. The number of amides is 1. The minimum Gasteiger partial charge on any atom is -0.324 e. The summed E-state index contributed by atoms with van der Waals surface area (Å²) in [4.78, 5) is 16.5. The molecule has 0 radical (unpaired) electrons. The second kappa shape index (κ2) is 7.39. The molecule has 0 aliphatic carbocycles. The smallest absolute Gasteiger partial charge is 0.238 e. The molecular weight excluding hydrogens is 350 g/mol. The van der Waals surface area contributed by atoms with Gasteiger partial charge in [-0.2, -0.15) is 0 Å². The quantitative estimate of drug-likeness (QED) is 0.857. The third-order valence-electron chi connectivity index (χ3n) is 4.65. The predicted molar refractivity (Wildman–Crippen MR) is 95.2 cm³/mol. The highest BCUT2D eigenvalue weighted by Crippen LogP contribution is 2.21. The van der Waals surface area contributed by atoms with Crippen molar-refractivity contribution in [1.29, 1.82) is 0 Å². The normalized spacial score (nSPS) is 24.8. The van der Waals surface area contributed by atoms with Gasteiger partial charge in [-0.15, -0.1) is 0 Å². The summed E-state index contributed by atoms with van der Waals surface area (Å²) in [5.74, 6) is 0.498. The number of carbonyl (C=O) groups is 1. The topological polar surface area (TPSA) is 69.7 Å². The molecule has 2 aliphatic heterocycles. The third-order valence-corrected chi connectivity index (χ3v) is 6.73. The maximum atomic E-state index is 12.2. The molecule has 0 unspecified atom stereocenters. The molecule has 1 N–H and O–H groups in total. The van der Waals surface area contributed by atoms with Gasteiger partial charge in [0, 0.05) is 32.2 Å². The molecule has 0 aromatic heterocycles. The number of benzene rings is 1. The number of anilines is 1. The summed E-state index contributed by atoms with van der Waals surface area (Å²) < 4.78 is 23.2. The first-order valence-corrected chi connectivity index (χ1v) is 10.3. The van der Waals surface area contributed by atoms with Crippen LogP contribution >= 0.6 is 11.6 Å². The summed E-state index contributed by atoms with van der Waals surface area (Å²) in [6.07, 6.45) is 0.731. The van der Waals surface area contributed by atoms with Crippen LogP contribution in [0.2, 0.25) is 5.02 Å². The monoisotopic (exact) mass is 371 g/mol. The largest absolute Gasteiger partial charge is 0.324 e. The Morgan fingerprint density at radius 2 is 1.92 bits per heavy atom. The van der Waals surface area contributed by atoms with E-state index in [2.05, 4.69) is 15.1 Å². The van der Waals surface area contributed by atoms with Crippen LogP contribution in [0.4, 0.5) is 5.69 Å². The van der Waals surface area contributed by atoms with Crippen LogP contribution in [0.25, 0.3) is 0 Å². The fraction of sp³-hybridized carbons (Fsp3) is 0.562. The standard InChI is InChI=1S/C16H22ClN3O3S/c17-14-3-1-2-4-15(14)18-16(21)11-19-6-8-20(9-7-19)13-5-10-24(22,23)12-13/h1-4,13H,5-12H2,(H,18,21)/t13-/m1/s1. The van der Waals surface area contributed by atoms with E-state index in [4.69, 9.17) is 11.6 Å². The van der Waals surface area contributed by atoms with Crippen molar-refractivity contribution in [3.05, 3.63) is 29.3 Å². The second-order valence-electron chi connectivity index (χ2n) is 6.40. The molecule has 0 spiro atoms. The van der Waals surface area contributed by atoms with Crippen LogP contribution in [0.15, 0.2) is 24.3 Å². The molecule has 0 saturated carbocycles. The molecule has 8 heteroatoms. The van der Waals surface area contributed by atoms with Crippen molar-refractivity contribution in [3.8, 4) is 0 Å². The van der Waals surface area contributed by atoms with Gasteiger partial charge in [0.25, 0.3) is 0 Å². The Labute approximate surface area is 147 Å². The molecule has 6 nitrogen and oxygen atoms in total. The summed E-state index contributed by atoms with van der Waals surface area (Å²) in [5, 5.41) is 3.36. The van der Waals surface area contributed by atoms with Gasteiger partial charge in [0.1, 0.15) is 0 Å². The van der Waals surface area contributed by atoms with Crippen LogP contribution in [0.1, 0.15) is 6.42 Å². The van der Waals surface area contributed by atoms with E-state index in [0.29, 0.717) is 23.0 Å². The number of para-hydroxylation sites is 1. The number of piperazine rings is 1. The molecule has 2 aliphatic rings. The van der Waals surface area contributed by atoms with Crippen LogP contribution in [0.5, 0.6) is 0 Å². The Morgan fingerprint density at radius 3 is 2.54 bits per heavy atom. The van der Waals surface area contributed by atoms with Gasteiger partial charge in [0.15, 0.2) is 9.84 Å². The molecule has 2 fully saturated rings. The molecule has 3 rings (SSSR count). The van der Waals surface area contributed by atoms with Gasteiger partial charge in [0.2, 0.25) is 5.91 Å². The van der Waals surface area contributed by atoms with E-state index >= 15 is 0 Å².